The first-order valence-electron chi connectivity index (χ1n) is 11.5. The predicted molar refractivity (Wildman–Crippen MR) is 127 cm³/mol. The highest BCUT2D eigenvalue weighted by molar-refractivity contribution is 5.94. The van der Waals surface area contributed by atoms with Crippen LogP contribution in [0, 0.1) is 0 Å². The average molecular weight is 538 g/mol. The van der Waals surface area contributed by atoms with Gasteiger partial charge in [-0.25, -0.2) is 4.79 Å². The fraction of sp³-hybridized carbons (Fsp3) is 0.259. The van der Waals surface area contributed by atoms with Gasteiger partial charge in [0, 0.05) is 30.6 Å². The van der Waals surface area contributed by atoms with Gasteiger partial charge in [-0.2, -0.15) is 26.3 Å². The minimum Gasteiger partial charge on any atom is -0.475 e. The van der Waals surface area contributed by atoms with Gasteiger partial charge < -0.3 is 15.7 Å². The summed E-state index contributed by atoms with van der Waals surface area (Å²) in [5.74, 6) is -2.51. The van der Waals surface area contributed by atoms with Crippen molar-refractivity contribution in [2.24, 2.45) is 0 Å². The largest absolute Gasteiger partial charge is 0.490 e. The van der Waals surface area contributed by atoms with Gasteiger partial charge in [-0.3, -0.25) is 4.79 Å². The van der Waals surface area contributed by atoms with Gasteiger partial charge in [0.25, 0.3) is 5.91 Å². The van der Waals surface area contributed by atoms with Crippen molar-refractivity contribution in [1.29, 1.82) is 0 Å². The maximum Gasteiger partial charge on any atom is 0.490 e. The molecule has 0 saturated heterocycles. The molecule has 0 bridgehead atoms. The summed E-state index contributed by atoms with van der Waals surface area (Å²) in [7, 11) is 0. The molecule has 11 heteroatoms. The molecule has 1 aliphatic carbocycles. The molecule has 4 rings (SSSR count). The number of halogens is 6. The minimum absolute atomic E-state index is 0.108. The Morgan fingerprint density at radius 3 is 1.87 bits per heavy atom. The van der Waals surface area contributed by atoms with E-state index in [1.165, 1.54) is 12.1 Å². The molecule has 0 aromatic heterocycles. The molecule has 1 fully saturated rings. The maximum atomic E-state index is 12.6. The third kappa shape index (κ3) is 8.62. The summed E-state index contributed by atoms with van der Waals surface area (Å²) in [6.07, 6.45) is -8.42. The quantitative estimate of drug-likeness (QED) is 0.327. The first-order valence-corrected chi connectivity index (χ1v) is 11.5. The number of nitrogens with one attached hydrogen (secondary N) is 2. The van der Waals surface area contributed by atoms with Crippen LogP contribution < -0.4 is 10.6 Å². The van der Waals surface area contributed by atoms with E-state index in [-0.39, 0.29) is 5.91 Å². The van der Waals surface area contributed by atoms with E-state index >= 15 is 0 Å². The highest BCUT2D eigenvalue weighted by Gasteiger charge is 2.38. The van der Waals surface area contributed by atoms with Gasteiger partial charge in [-0.1, -0.05) is 54.6 Å². The number of carbonyl (C=O) groups excluding carboxylic acids is 1. The highest BCUT2D eigenvalue weighted by atomic mass is 19.4. The zero-order chi connectivity index (χ0) is 27.9. The molecule has 5 nitrogen and oxygen atoms in total. The summed E-state index contributed by atoms with van der Waals surface area (Å²) in [5.41, 5.74) is 3.02. The van der Waals surface area contributed by atoms with Gasteiger partial charge in [-0.15, -0.1) is 0 Å². The number of carboxylic acids is 1. The smallest absolute Gasteiger partial charge is 0.475 e. The van der Waals surface area contributed by atoms with Gasteiger partial charge in [0.15, 0.2) is 0 Å². The Kier molecular flexibility index (Phi) is 9.16. The topological polar surface area (TPSA) is 78.4 Å². The van der Waals surface area contributed by atoms with Crippen LogP contribution >= 0.6 is 0 Å². The Labute approximate surface area is 214 Å². The Hall–Kier alpha value is -3.86. The lowest BCUT2D eigenvalue weighted by Crippen LogP contribution is -2.22. The zero-order valence-corrected chi connectivity index (χ0v) is 19.8. The number of amides is 1. The van der Waals surface area contributed by atoms with E-state index in [0.717, 1.165) is 35.2 Å². The van der Waals surface area contributed by atoms with Crippen molar-refractivity contribution in [2.75, 3.05) is 0 Å². The van der Waals surface area contributed by atoms with Crippen molar-refractivity contribution in [2.45, 2.75) is 43.8 Å². The molecule has 38 heavy (non-hydrogen) atoms. The number of hydrogen-bond donors (Lipinski definition) is 3. The van der Waals surface area contributed by atoms with Crippen LogP contribution in [0.3, 0.4) is 0 Å². The molecule has 3 aromatic rings. The van der Waals surface area contributed by atoms with Crippen LogP contribution in [-0.4, -0.2) is 29.2 Å². The van der Waals surface area contributed by atoms with E-state index in [2.05, 4.69) is 10.6 Å². The standard InChI is InChI=1S/C25H23F3N2O.C2HF3O2/c26-25(27,28)21-12-6-18(7-13-21)15-29-23-14-22(23)19-8-10-20(11-9-19)24(31)30-16-17-4-2-1-3-5-17;3-2(4,5)1(6)7/h1-13,22-23,29H,14-16H2,(H,30,31);(H,6,7)/t22-,23+;/m0./s1. The van der Waals surface area contributed by atoms with Crippen molar-refractivity contribution in [1.82, 2.24) is 10.6 Å². The Balaban J connectivity index is 0.000000505. The minimum atomic E-state index is -5.08. The second kappa shape index (κ2) is 12.1. The molecule has 0 radical (unpaired) electrons. The summed E-state index contributed by atoms with van der Waals surface area (Å²) in [6.45, 7) is 1.01. The molecular formula is C27H24F6N2O3. The second-order valence-electron chi connectivity index (χ2n) is 8.62. The van der Waals surface area contributed by atoms with E-state index in [4.69, 9.17) is 9.90 Å². The number of benzene rings is 3. The van der Waals surface area contributed by atoms with Gasteiger partial charge in [-0.05, 0) is 47.4 Å². The monoisotopic (exact) mass is 538 g/mol. The summed E-state index contributed by atoms with van der Waals surface area (Å²) in [4.78, 5) is 21.2. The Morgan fingerprint density at radius 2 is 1.34 bits per heavy atom. The average Bonchev–Trinajstić information content (AvgIpc) is 3.66. The summed E-state index contributed by atoms with van der Waals surface area (Å²) in [5, 5.41) is 13.4. The van der Waals surface area contributed by atoms with Crippen LogP contribution in [-0.2, 0) is 24.1 Å². The lowest BCUT2D eigenvalue weighted by Gasteiger charge is -2.09. The second-order valence-corrected chi connectivity index (χ2v) is 8.62. The first kappa shape index (κ1) is 28.7. The van der Waals surface area contributed by atoms with Gasteiger partial charge >= 0.3 is 18.3 Å². The highest BCUT2D eigenvalue weighted by Crippen LogP contribution is 2.41. The third-order valence-electron chi connectivity index (χ3n) is 5.78. The Morgan fingerprint density at radius 1 is 0.789 bits per heavy atom. The number of carbonyl (C=O) groups is 2. The molecule has 1 amide bonds. The van der Waals surface area contributed by atoms with Crippen LogP contribution in [0.1, 0.15) is 45.0 Å². The molecule has 3 aromatic carbocycles. The molecule has 0 aliphatic heterocycles. The van der Waals surface area contributed by atoms with Gasteiger partial charge in [0.2, 0.25) is 0 Å². The summed E-state index contributed by atoms with van der Waals surface area (Å²) in [6, 6.07) is 22.9. The molecule has 3 N–H and O–H groups in total. The lowest BCUT2D eigenvalue weighted by molar-refractivity contribution is -0.192. The van der Waals surface area contributed by atoms with Crippen molar-refractivity contribution >= 4 is 11.9 Å². The van der Waals surface area contributed by atoms with Crippen molar-refractivity contribution in [3.05, 3.63) is 107 Å². The molecule has 202 valence electrons. The summed E-state index contributed by atoms with van der Waals surface area (Å²) < 4.78 is 69.7. The van der Waals surface area contributed by atoms with E-state index in [1.807, 2.05) is 54.6 Å². The molecule has 2 atom stereocenters. The number of aliphatic carboxylic acids is 1. The SMILES string of the molecule is O=C(NCc1ccccc1)c1ccc([C@@H]2C[C@H]2NCc2ccc(C(F)(F)F)cc2)cc1.O=C(O)C(F)(F)F. The number of rotatable bonds is 7. The van der Waals surface area contributed by atoms with Gasteiger partial charge in [0.1, 0.15) is 0 Å². The fourth-order valence-corrected chi connectivity index (χ4v) is 3.61. The molecule has 1 saturated carbocycles. The van der Waals surface area contributed by atoms with Crippen molar-refractivity contribution < 1.29 is 41.0 Å². The third-order valence-corrected chi connectivity index (χ3v) is 5.78. The number of alkyl halides is 6. The van der Waals surface area contributed by atoms with E-state index < -0.39 is 23.9 Å². The van der Waals surface area contributed by atoms with Crippen LogP contribution in [0.2, 0.25) is 0 Å². The van der Waals surface area contributed by atoms with Crippen LogP contribution in [0.25, 0.3) is 0 Å². The predicted octanol–water partition coefficient (Wildman–Crippen LogP) is 5.91. The molecule has 0 spiro atoms. The summed E-state index contributed by atoms with van der Waals surface area (Å²) >= 11 is 0. The van der Waals surface area contributed by atoms with Crippen LogP contribution in [0.15, 0.2) is 78.9 Å². The first-order chi connectivity index (χ1) is 17.8. The van der Waals surface area contributed by atoms with E-state index in [1.54, 1.807) is 0 Å². The number of hydrogen-bond acceptors (Lipinski definition) is 3. The van der Waals surface area contributed by atoms with E-state index in [9.17, 15) is 31.1 Å². The van der Waals surface area contributed by atoms with Gasteiger partial charge in [0.05, 0.1) is 5.56 Å². The Bertz CT molecular complexity index is 1210. The molecule has 0 unspecified atom stereocenters. The molecule has 1 aliphatic rings. The molecule has 0 heterocycles. The van der Waals surface area contributed by atoms with E-state index in [0.29, 0.717) is 30.6 Å². The van der Waals surface area contributed by atoms with Crippen molar-refractivity contribution in [3.8, 4) is 0 Å². The zero-order valence-electron chi connectivity index (χ0n) is 19.8. The fourth-order valence-electron chi connectivity index (χ4n) is 3.61. The normalized spacial score (nSPS) is 16.7. The van der Waals surface area contributed by atoms with Crippen LogP contribution in [0.4, 0.5) is 26.3 Å². The van der Waals surface area contributed by atoms with Crippen LogP contribution in [0.5, 0.6) is 0 Å². The van der Waals surface area contributed by atoms with Crippen molar-refractivity contribution in [3.63, 3.8) is 0 Å². The maximum absolute atomic E-state index is 12.6. The molecular weight excluding hydrogens is 514 g/mol. The number of carboxylic acid groups (broad SMARTS) is 1. The lowest BCUT2D eigenvalue weighted by atomic mass is 10.1.